The van der Waals surface area contributed by atoms with Crippen LogP contribution in [0.1, 0.15) is 33.8 Å². The van der Waals surface area contributed by atoms with Crippen LogP contribution in [-0.4, -0.2) is 54.5 Å². The first-order valence-corrected chi connectivity index (χ1v) is 13.2. The Morgan fingerprint density at radius 1 is 1.00 bits per heavy atom. The third-order valence-corrected chi connectivity index (χ3v) is 7.07. The second-order valence-electron chi connectivity index (χ2n) is 9.20. The lowest BCUT2D eigenvalue weighted by Crippen LogP contribution is -2.30. The van der Waals surface area contributed by atoms with E-state index < -0.39 is 5.97 Å². The molecule has 2 atom stereocenters. The zero-order valence-electron chi connectivity index (χ0n) is 22.7. The molecule has 5 rings (SSSR count). The Balaban J connectivity index is 1.60. The van der Waals surface area contributed by atoms with Gasteiger partial charge in [0.05, 0.1) is 37.2 Å². The van der Waals surface area contributed by atoms with Gasteiger partial charge < -0.3 is 34.3 Å². The van der Waals surface area contributed by atoms with Crippen molar-refractivity contribution < 1.29 is 23.8 Å². The Morgan fingerprint density at radius 2 is 1.78 bits per heavy atom. The van der Waals surface area contributed by atoms with E-state index in [0.717, 1.165) is 22.8 Å². The molecule has 1 aliphatic heterocycles. The fraction of sp³-hybridized carbons (Fsp3) is 0.200. The first-order valence-electron chi connectivity index (χ1n) is 12.8. The Hall–Kier alpha value is -4.74. The highest BCUT2D eigenvalue weighted by Crippen LogP contribution is 2.43. The molecule has 0 unspecified atom stereocenters. The molecule has 2 aromatic heterocycles. The number of thiocarbonyl (C=S) groups is 1. The molecule has 4 aromatic rings. The van der Waals surface area contributed by atoms with Gasteiger partial charge in [0.15, 0.2) is 5.11 Å². The van der Waals surface area contributed by atoms with E-state index in [1.807, 2.05) is 65.7 Å². The molecule has 41 heavy (non-hydrogen) atoms. The molecule has 0 bridgehead atoms. The summed E-state index contributed by atoms with van der Waals surface area (Å²) in [7, 11) is 4.36. The lowest BCUT2D eigenvalue weighted by molar-refractivity contribution is -0.119. The van der Waals surface area contributed by atoms with Crippen LogP contribution in [0.25, 0.3) is 5.69 Å². The largest absolute Gasteiger partial charge is 0.495 e. The fourth-order valence-electron chi connectivity index (χ4n) is 4.94. The molecule has 1 fully saturated rings. The zero-order valence-corrected chi connectivity index (χ0v) is 23.6. The van der Waals surface area contributed by atoms with Crippen molar-refractivity contribution in [2.24, 2.45) is 0 Å². The smallest absolute Gasteiger partial charge is 0.337 e. The predicted octanol–water partition coefficient (Wildman–Crippen LogP) is 4.43. The summed E-state index contributed by atoms with van der Waals surface area (Å²) >= 11 is 5.89. The molecule has 0 aliphatic carbocycles. The van der Waals surface area contributed by atoms with Gasteiger partial charge in [0, 0.05) is 36.6 Å². The first-order chi connectivity index (χ1) is 19.9. The number of carbonyl (C=O) groups is 2. The molecule has 3 heterocycles. The van der Waals surface area contributed by atoms with E-state index >= 15 is 0 Å². The standard InChI is InChI=1S/C30H29N5O5S/c1-38-18-26(36)32-23-17-21(13-14-25(23)39-2)35-28(27(33-30(35)41)22-7-4-5-15-31-22)24-8-6-16-34(24)20-11-9-19(10-12-20)29(37)40-3/h4-17,27-28H,18H2,1-3H3,(H,32,36)(H,33,41)/t27-,28-/m0/s1. The quantitative estimate of drug-likeness (QED) is 0.223. The Kier molecular flexibility index (Phi) is 8.27. The maximum Gasteiger partial charge on any atom is 0.337 e. The van der Waals surface area contributed by atoms with Crippen LogP contribution in [0, 0.1) is 0 Å². The van der Waals surface area contributed by atoms with Crippen molar-refractivity contribution in [2.45, 2.75) is 12.1 Å². The Morgan fingerprint density at radius 3 is 2.46 bits per heavy atom. The third kappa shape index (κ3) is 5.63. The lowest BCUT2D eigenvalue weighted by atomic mass is 10.0. The second-order valence-corrected chi connectivity index (χ2v) is 9.59. The normalized spacial score (nSPS) is 16.3. The minimum Gasteiger partial charge on any atom is -0.495 e. The Labute approximate surface area is 242 Å². The van der Waals surface area contributed by atoms with Gasteiger partial charge in [0.25, 0.3) is 0 Å². The number of benzene rings is 2. The van der Waals surface area contributed by atoms with Crippen molar-refractivity contribution >= 4 is 40.6 Å². The molecule has 0 spiro atoms. The lowest BCUT2D eigenvalue weighted by Gasteiger charge is -2.29. The molecule has 0 radical (unpaired) electrons. The number of nitrogens with one attached hydrogen (secondary N) is 2. The summed E-state index contributed by atoms with van der Waals surface area (Å²) in [4.78, 5) is 31.0. The van der Waals surface area contributed by atoms with Crippen molar-refractivity contribution in [1.29, 1.82) is 0 Å². The molecular formula is C30H29N5O5S. The van der Waals surface area contributed by atoms with E-state index in [0.29, 0.717) is 22.1 Å². The van der Waals surface area contributed by atoms with Crippen LogP contribution in [0.3, 0.4) is 0 Å². The van der Waals surface area contributed by atoms with Gasteiger partial charge in [-0.15, -0.1) is 0 Å². The number of nitrogens with zero attached hydrogens (tertiary/aromatic N) is 3. The highest BCUT2D eigenvalue weighted by atomic mass is 32.1. The van der Waals surface area contributed by atoms with Crippen LogP contribution in [0.15, 0.2) is 85.2 Å². The SMILES string of the molecule is COCC(=O)Nc1cc(N2C(=S)N[C@@H](c3ccccn3)[C@@H]2c2cccn2-c2ccc(C(=O)OC)cc2)ccc1OC. The van der Waals surface area contributed by atoms with Crippen LogP contribution in [0.5, 0.6) is 5.75 Å². The van der Waals surface area contributed by atoms with E-state index in [2.05, 4.69) is 20.2 Å². The molecule has 1 amide bonds. The number of esters is 1. The number of carbonyl (C=O) groups excluding carboxylic acids is 2. The molecular weight excluding hydrogens is 542 g/mol. The number of ether oxygens (including phenoxy) is 3. The van der Waals surface area contributed by atoms with Gasteiger partial charge in [-0.3, -0.25) is 9.78 Å². The average molecular weight is 572 g/mol. The summed E-state index contributed by atoms with van der Waals surface area (Å²) in [6.07, 6.45) is 3.71. The first kappa shape index (κ1) is 27.8. The number of aromatic nitrogens is 2. The molecule has 11 heteroatoms. The van der Waals surface area contributed by atoms with Gasteiger partial charge in [-0.1, -0.05) is 6.07 Å². The number of amides is 1. The van der Waals surface area contributed by atoms with Crippen LogP contribution in [-0.2, 0) is 14.3 Å². The molecule has 2 aromatic carbocycles. The maximum absolute atomic E-state index is 12.4. The van der Waals surface area contributed by atoms with Crippen LogP contribution in [0.2, 0.25) is 0 Å². The fourth-order valence-corrected chi connectivity index (χ4v) is 5.29. The molecule has 210 valence electrons. The van der Waals surface area contributed by atoms with Crippen molar-refractivity contribution in [3.05, 3.63) is 102 Å². The number of hydrogen-bond acceptors (Lipinski definition) is 7. The molecule has 1 saturated heterocycles. The van der Waals surface area contributed by atoms with Crippen molar-refractivity contribution in [2.75, 3.05) is 38.2 Å². The monoisotopic (exact) mass is 571 g/mol. The van der Waals surface area contributed by atoms with E-state index in [-0.39, 0.29) is 24.6 Å². The topological polar surface area (TPSA) is 107 Å². The zero-order chi connectivity index (χ0) is 28.9. The Bertz CT molecular complexity index is 1560. The van der Waals surface area contributed by atoms with Crippen molar-refractivity contribution in [1.82, 2.24) is 14.9 Å². The van der Waals surface area contributed by atoms with E-state index in [4.69, 9.17) is 26.4 Å². The summed E-state index contributed by atoms with van der Waals surface area (Å²) in [6.45, 7) is -0.0935. The summed E-state index contributed by atoms with van der Waals surface area (Å²) < 4.78 is 17.4. The van der Waals surface area contributed by atoms with Crippen LogP contribution < -0.4 is 20.3 Å². The van der Waals surface area contributed by atoms with Crippen molar-refractivity contribution in [3.8, 4) is 11.4 Å². The number of anilines is 2. The number of methoxy groups -OCH3 is 3. The van der Waals surface area contributed by atoms with Gasteiger partial charge >= 0.3 is 5.97 Å². The second kappa shape index (κ2) is 12.2. The van der Waals surface area contributed by atoms with Crippen LogP contribution in [0.4, 0.5) is 11.4 Å². The van der Waals surface area contributed by atoms with E-state index in [1.54, 1.807) is 31.5 Å². The summed E-state index contributed by atoms with van der Waals surface area (Å²) in [5, 5.41) is 6.81. The highest BCUT2D eigenvalue weighted by Gasteiger charge is 2.42. The van der Waals surface area contributed by atoms with Gasteiger partial charge in [-0.25, -0.2) is 4.79 Å². The minimum absolute atomic E-state index is 0.0935. The van der Waals surface area contributed by atoms with Crippen LogP contribution >= 0.6 is 12.2 Å². The van der Waals surface area contributed by atoms with Gasteiger partial charge in [-0.2, -0.15) is 0 Å². The van der Waals surface area contributed by atoms with E-state index in [1.165, 1.54) is 14.2 Å². The summed E-state index contributed by atoms with van der Waals surface area (Å²) in [5.41, 5.74) is 4.30. The van der Waals surface area contributed by atoms with Gasteiger partial charge in [-0.05, 0) is 78.9 Å². The van der Waals surface area contributed by atoms with Gasteiger partial charge in [0.2, 0.25) is 5.91 Å². The third-order valence-electron chi connectivity index (χ3n) is 6.76. The summed E-state index contributed by atoms with van der Waals surface area (Å²) in [6, 6.07) is 21.8. The number of hydrogen-bond donors (Lipinski definition) is 2. The van der Waals surface area contributed by atoms with Gasteiger partial charge in [0.1, 0.15) is 18.4 Å². The predicted molar refractivity (Wildman–Crippen MR) is 159 cm³/mol. The maximum atomic E-state index is 12.4. The molecule has 2 N–H and O–H groups in total. The highest BCUT2D eigenvalue weighted by molar-refractivity contribution is 7.80. The van der Waals surface area contributed by atoms with Crippen molar-refractivity contribution in [3.63, 3.8) is 0 Å². The molecule has 0 saturated carbocycles. The average Bonchev–Trinajstić information content (AvgIpc) is 3.61. The number of pyridine rings is 1. The van der Waals surface area contributed by atoms with E-state index in [9.17, 15) is 9.59 Å². The summed E-state index contributed by atoms with van der Waals surface area (Å²) in [5.74, 6) is -0.204. The molecule has 1 aliphatic rings. The number of rotatable bonds is 9. The minimum atomic E-state index is -0.399. The molecule has 10 nitrogen and oxygen atoms in total.